The van der Waals surface area contributed by atoms with E-state index in [0.29, 0.717) is 11.3 Å². The van der Waals surface area contributed by atoms with Crippen molar-refractivity contribution in [2.75, 3.05) is 0 Å². The molecule has 1 amide bonds. The minimum absolute atomic E-state index is 0.0215. The first kappa shape index (κ1) is 22.7. The zero-order chi connectivity index (χ0) is 23.7. The van der Waals surface area contributed by atoms with E-state index in [-0.39, 0.29) is 29.5 Å². The minimum Gasteiger partial charge on any atom is -0.507 e. The molecule has 1 N–H and O–H groups in total. The van der Waals surface area contributed by atoms with Gasteiger partial charge in [0.2, 0.25) is 0 Å². The number of hydrogen-bond donors (Lipinski definition) is 1. The number of nitrogens with zero attached hydrogens (tertiary/aromatic N) is 1. The normalized spacial score (nSPS) is 17.7. The SMILES string of the molecule is Cc1cc(/C(O)=C2\C(=O)C(=O)N(Cc3cccs3)C2c2ccccc2F)ccc1OC(C)C. The summed E-state index contributed by atoms with van der Waals surface area (Å²) in [4.78, 5) is 28.3. The Bertz CT molecular complexity index is 1230. The minimum atomic E-state index is -1.04. The molecule has 5 nitrogen and oxygen atoms in total. The number of aliphatic hydroxyl groups excluding tert-OH is 1. The van der Waals surface area contributed by atoms with Gasteiger partial charge in [0, 0.05) is 16.0 Å². The van der Waals surface area contributed by atoms with Crippen LogP contribution in [0.2, 0.25) is 0 Å². The van der Waals surface area contributed by atoms with Gasteiger partial charge in [-0.15, -0.1) is 11.3 Å². The van der Waals surface area contributed by atoms with Crippen molar-refractivity contribution in [1.29, 1.82) is 0 Å². The average molecular weight is 466 g/mol. The molecule has 2 heterocycles. The number of halogens is 1. The molecule has 0 aliphatic carbocycles. The molecule has 7 heteroatoms. The first-order chi connectivity index (χ1) is 15.8. The third-order valence-electron chi connectivity index (χ3n) is 5.46. The third-order valence-corrected chi connectivity index (χ3v) is 6.32. The molecule has 2 aromatic carbocycles. The first-order valence-electron chi connectivity index (χ1n) is 10.6. The fourth-order valence-corrected chi connectivity index (χ4v) is 4.67. The number of thiophene rings is 1. The van der Waals surface area contributed by atoms with Crippen LogP contribution >= 0.6 is 11.3 Å². The van der Waals surface area contributed by atoms with Crippen LogP contribution in [0, 0.1) is 12.7 Å². The van der Waals surface area contributed by atoms with Crippen LogP contribution in [0.25, 0.3) is 5.76 Å². The zero-order valence-electron chi connectivity index (χ0n) is 18.5. The maximum Gasteiger partial charge on any atom is 0.295 e. The molecule has 4 rings (SSSR count). The van der Waals surface area contributed by atoms with Crippen LogP contribution in [0.15, 0.2) is 65.6 Å². The number of aryl methyl sites for hydroxylation is 1. The molecule has 170 valence electrons. The van der Waals surface area contributed by atoms with Gasteiger partial charge in [-0.3, -0.25) is 9.59 Å². The third kappa shape index (κ3) is 4.41. The van der Waals surface area contributed by atoms with E-state index in [1.807, 2.05) is 38.3 Å². The fraction of sp³-hybridized carbons (Fsp3) is 0.231. The highest BCUT2D eigenvalue weighted by molar-refractivity contribution is 7.09. The molecular weight excluding hydrogens is 441 g/mol. The quantitative estimate of drug-likeness (QED) is 0.292. The molecule has 0 bridgehead atoms. The molecule has 1 atom stereocenters. The number of benzene rings is 2. The number of rotatable bonds is 6. The maximum atomic E-state index is 14.9. The molecule has 1 unspecified atom stereocenters. The number of Topliss-reactive ketones (excluding diaryl/α,β-unsaturated/α-hetero) is 1. The Labute approximate surface area is 195 Å². The van der Waals surface area contributed by atoms with Crippen LogP contribution in [-0.2, 0) is 16.1 Å². The molecule has 1 aromatic heterocycles. The van der Waals surface area contributed by atoms with E-state index in [1.54, 1.807) is 30.3 Å². The largest absolute Gasteiger partial charge is 0.507 e. The van der Waals surface area contributed by atoms with Crippen molar-refractivity contribution in [2.24, 2.45) is 0 Å². The van der Waals surface area contributed by atoms with E-state index in [4.69, 9.17) is 4.74 Å². The number of carbonyl (C=O) groups is 2. The van der Waals surface area contributed by atoms with Gasteiger partial charge in [0.25, 0.3) is 11.7 Å². The molecule has 1 fully saturated rings. The van der Waals surface area contributed by atoms with Crippen LogP contribution in [0.4, 0.5) is 4.39 Å². The Morgan fingerprint density at radius 2 is 1.91 bits per heavy atom. The molecule has 0 saturated carbocycles. The van der Waals surface area contributed by atoms with Crippen molar-refractivity contribution < 1.29 is 23.8 Å². The Balaban J connectivity index is 1.84. The molecule has 1 saturated heterocycles. The van der Waals surface area contributed by atoms with Gasteiger partial charge in [-0.25, -0.2) is 4.39 Å². The van der Waals surface area contributed by atoms with Crippen LogP contribution in [0.5, 0.6) is 5.75 Å². The highest BCUT2D eigenvalue weighted by Crippen LogP contribution is 2.41. The maximum absolute atomic E-state index is 14.9. The van der Waals surface area contributed by atoms with Crippen molar-refractivity contribution in [2.45, 2.75) is 39.5 Å². The summed E-state index contributed by atoms with van der Waals surface area (Å²) in [7, 11) is 0. The van der Waals surface area contributed by atoms with Gasteiger partial charge in [0.05, 0.1) is 24.3 Å². The van der Waals surface area contributed by atoms with Crippen molar-refractivity contribution >= 4 is 28.8 Å². The van der Waals surface area contributed by atoms with E-state index < -0.39 is 23.5 Å². The Kier molecular flexibility index (Phi) is 6.33. The van der Waals surface area contributed by atoms with Crippen LogP contribution < -0.4 is 4.74 Å². The lowest BCUT2D eigenvalue weighted by Gasteiger charge is -2.25. The summed E-state index contributed by atoms with van der Waals surface area (Å²) in [5.41, 5.74) is 1.16. The number of carbonyl (C=O) groups excluding carboxylic acids is 2. The second kappa shape index (κ2) is 9.19. The van der Waals surface area contributed by atoms with Crippen molar-refractivity contribution in [3.8, 4) is 5.75 Å². The van der Waals surface area contributed by atoms with Crippen molar-refractivity contribution in [3.05, 3.63) is 92.9 Å². The van der Waals surface area contributed by atoms with Gasteiger partial charge in [-0.05, 0) is 62.0 Å². The predicted molar refractivity (Wildman–Crippen MR) is 126 cm³/mol. The van der Waals surface area contributed by atoms with Gasteiger partial charge in [-0.1, -0.05) is 24.3 Å². The number of ether oxygens (including phenoxy) is 1. The fourth-order valence-electron chi connectivity index (χ4n) is 3.97. The number of ketones is 1. The molecule has 0 radical (unpaired) electrons. The summed E-state index contributed by atoms with van der Waals surface area (Å²) >= 11 is 1.44. The Morgan fingerprint density at radius 1 is 1.15 bits per heavy atom. The van der Waals surface area contributed by atoms with Gasteiger partial charge in [-0.2, -0.15) is 0 Å². The predicted octanol–water partition coefficient (Wildman–Crippen LogP) is 5.60. The van der Waals surface area contributed by atoms with Gasteiger partial charge < -0.3 is 14.7 Å². The summed E-state index contributed by atoms with van der Waals surface area (Å²) in [5, 5.41) is 13.1. The Hall–Kier alpha value is -3.45. The lowest BCUT2D eigenvalue weighted by atomic mass is 9.94. The Morgan fingerprint density at radius 3 is 2.55 bits per heavy atom. The lowest BCUT2D eigenvalue weighted by molar-refractivity contribution is -0.140. The van der Waals surface area contributed by atoms with Gasteiger partial charge >= 0.3 is 0 Å². The summed E-state index contributed by atoms with van der Waals surface area (Å²) < 4.78 is 20.6. The van der Waals surface area contributed by atoms with E-state index >= 15 is 0 Å². The summed E-state index contributed by atoms with van der Waals surface area (Å²) in [6, 6.07) is 13.7. The lowest BCUT2D eigenvalue weighted by Crippen LogP contribution is -2.29. The number of likely N-dealkylation sites (tertiary alicyclic amines) is 1. The summed E-state index contributed by atoms with van der Waals surface area (Å²) in [6.45, 7) is 5.80. The molecule has 0 spiro atoms. The summed E-state index contributed by atoms with van der Waals surface area (Å²) in [5.74, 6) is -1.84. The number of aliphatic hydroxyl groups is 1. The molecule has 1 aliphatic heterocycles. The van der Waals surface area contributed by atoms with Crippen LogP contribution in [0.1, 0.15) is 41.5 Å². The molecule has 3 aromatic rings. The smallest absolute Gasteiger partial charge is 0.295 e. The van der Waals surface area contributed by atoms with Gasteiger partial charge in [0.15, 0.2) is 0 Å². The highest BCUT2D eigenvalue weighted by atomic mass is 32.1. The van der Waals surface area contributed by atoms with E-state index in [9.17, 15) is 19.1 Å². The van der Waals surface area contributed by atoms with Gasteiger partial charge in [0.1, 0.15) is 17.3 Å². The monoisotopic (exact) mass is 465 g/mol. The number of amides is 1. The summed E-state index contributed by atoms with van der Waals surface area (Å²) in [6.07, 6.45) is -0.0215. The first-order valence-corrected chi connectivity index (χ1v) is 11.5. The molecule has 1 aliphatic rings. The van der Waals surface area contributed by atoms with Crippen LogP contribution in [0.3, 0.4) is 0 Å². The average Bonchev–Trinajstić information content (AvgIpc) is 3.37. The van der Waals surface area contributed by atoms with Crippen molar-refractivity contribution in [1.82, 2.24) is 4.90 Å². The zero-order valence-corrected chi connectivity index (χ0v) is 19.4. The highest BCUT2D eigenvalue weighted by Gasteiger charge is 2.47. The second-order valence-electron chi connectivity index (χ2n) is 8.17. The molecule has 33 heavy (non-hydrogen) atoms. The standard InChI is InChI=1S/C26H24FNO4S/c1-15(2)32-21-11-10-17(13-16(21)3)24(29)22-23(19-8-4-5-9-20(19)27)28(26(31)25(22)30)14-18-7-6-12-33-18/h4-13,15,23,29H,14H2,1-3H3/b24-22+. The van der Waals surface area contributed by atoms with E-state index in [0.717, 1.165) is 10.4 Å². The molecular formula is C26H24FNO4S. The van der Waals surface area contributed by atoms with Crippen molar-refractivity contribution in [3.63, 3.8) is 0 Å². The van der Waals surface area contributed by atoms with Crippen LogP contribution in [-0.4, -0.2) is 27.8 Å². The van der Waals surface area contributed by atoms with E-state index in [1.165, 1.54) is 28.4 Å². The number of hydrogen-bond acceptors (Lipinski definition) is 5. The van der Waals surface area contributed by atoms with E-state index in [2.05, 4.69) is 0 Å². The topological polar surface area (TPSA) is 66.8 Å². The second-order valence-corrected chi connectivity index (χ2v) is 9.21.